The Balaban J connectivity index is 1.41. The van der Waals surface area contributed by atoms with Gasteiger partial charge in [0.1, 0.15) is 18.4 Å². The fraction of sp³-hybridized carbons (Fsp3) is 0.611. The van der Waals surface area contributed by atoms with Gasteiger partial charge in [-0.05, 0) is 37.8 Å². The summed E-state index contributed by atoms with van der Waals surface area (Å²) >= 11 is 0. The topological polar surface area (TPSA) is 62.8 Å². The number of rotatable bonds is 6. The summed E-state index contributed by atoms with van der Waals surface area (Å²) in [6, 6.07) is 9.64. The Hall–Kier alpha value is -1.63. The zero-order valence-electron chi connectivity index (χ0n) is 14.2. The summed E-state index contributed by atoms with van der Waals surface area (Å²) in [4.78, 5) is 14.4. The van der Waals surface area contributed by atoms with Crippen molar-refractivity contribution >= 4 is 5.91 Å². The highest BCUT2D eigenvalue weighted by molar-refractivity contribution is 5.82. The number of hydrogen-bond donors (Lipinski definition) is 2. The summed E-state index contributed by atoms with van der Waals surface area (Å²) in [5.41, 5.74) is 6.26. The molecule has 6 nitrogen and oxygen atoms in total. The van der Waals surface area contributed by atoms with Crippen LogP contribution in [-0.2, 0) is 9.53 Å². The Bertz CT molecular complexity index is 520. The van der Waals surface area contributed by atoms with E-state index in [1.165, 1.54) is 6.42 Å². The van der Waals surface area contributed by atoms with Crippen LogP contribution >= 0.6 is 0 Å². The van der Waals surface area contributed by atoms with Crippen LogP contribution < -0.4 is 15.6 Å². The molecule has 2 fully saturated rings. The smallest absolute Gasteiger partial charge is 0.240 e. The van der Waals surface area contributed by atoms with Gasteiger partial charge in [-0.25, -0.2) is 5.43 Å². The zero-order valence-corrected chi connectivity index (χ0v) is 14.2. The number of nitrogens with zero attached hydrogens (tertiary/aromatic N) is 1. The van der Waals surface area contributed by atoms with Crippen molar-refractivity contribution in [2.75, 3.05) is 26.8 Å². The second-order valence-electron chi connectivity index (χ2n) is 6.61. The number of carbonyl (C=O) groups is 1. The van der Waals surface area contributed by atoms with Crippen LogP contribution in [0, 0.1) is 0 Å². The maximum absolute atomic E-state index is 12.6. The van der Waals surface area contributed by atoms with E-state index in [9.17, 15) is 4.79 Å². The van der Waals surface area contributed by atoms with Crippen molar-refractivity contribution in [3.63, 3.8) is 0 Å². The van der Waals surface area contributed by atoms with E-state index in [4.69, 9.17) is 9.47 Å². The largest absolute Gasteiger partial charge is 0.492 e. The molecule has 0 aromatic heterocycles. The van der Waals surface area contributed by atoms with Crippen LogP contribution in [0.25, 0.3) is 0 Å². The minimum absolute atomic E-state index is 0.110. The van der Waals surface area contributed by atoms with Crippen LogP contribution in [0.2, 0.25) is 0 Å². The lowest BCUT2D eigenvalue weighted by Gasteiger charge is -2.28. The second kappa shape index (κ2) is 8.46. The number of ether oxygens (including phenoxy) is 2. The average molecular weight is 333 g/mol. The molecule has 0 bridgehead atoms. The standard InChI is InChI=1S/C18H27N3O3/c1-21(12-16-9-5-6-10-23-16)18(22)17-11-14(19-20-17)13-24-15-7-3-2-4-8-15/h2-4,7-8,14,16-17,19-20H,5-6,9-13H2,1H3. The van der Waals surface area contributed by atoms with Gasteiger partial charge in [0.15, 0.2) is 0 Å². The lowest BCUT2D eigenvalue weighted by molar-refractivity contribution is -0.134. The third-order valence-corrected chi connectivity index (χ3v) is 4.60. The molecule has 2 saturated heterocycles. The summed E-state index contributed by atoms with van der Waals surface area (Å²) in [6.45, 7) is 2.02. The minimum atomic E-state index is -0.206. The van der Waals surface area contributed by atoms with Gasteiger partial charge in [0.2, 0.25) is 5.91 Å². The van der Waals surface area contributed by atoms with Crippen molar-refractivity contribution < 1.29 is 14.3 Å². The maximum atomic E-state index is 12.6. The van der Waals surface area contributed by atoms with Crippen molar-refractivity contribution in [2.45, 2.75) is 43.9 Å². The molecular formula is C18H27N3O3. The Morgan fingerprint density at radius 3 is 2.88 bits per heavy atom. The fourth-order valence-corrected chi connectivity index (χ4v) is 3.22. The third-order valence-electron chi connectivity index (χ3n) is 4.60. The van der Waals surface area contributed by atoms with E-state index in [1.807, 2.05) is 37.4 Å². The number of hydrazine groups is 1. The molecule has 0 spiro atoms. The molecule has 2 aliphatic heterocycles. The van der Waals surface area contributed by atoms with Crippen LogP contribution in [0.15, 0.2) is 30.3 Å². The van der Waals surface area contributed by atoms with Crippen LogP contribution in [0.4, 0.5) is 0 Å². The Labute approximate surface area is 143 Å². The van der Waals surface area contributed by atoms with Crippen molar-refractivity contribution in [3.8, 4) is 5.75 Å². The lowest BCUT2D eigenvalue weighted by Crippen LogP contribution is -2.47. The van der Waals surface area contributed by atoms with Gasteiger partial charge in [-0.3, -0.25) is 10.2 Å². The van der Waals surface area contributed by atoms with Gasteiger partial charge in [-0.1, -0.05) is 18.2 Å². The first-order valence-electron chi connectivity index (χ1n) is 8.78. The summed E-state index contributed by atoms with van der Waals surface area (Å²) < 4.78 is 11.5. The number of benzene rings is 1. The predicted octanol–water partition coefficient (Wildman–Crippen LogP) is 1.33. The Kier molecular flexibility index (Phi) is 6.07. The first-order chi connectivity index (χ1) is 11.7. The molecule has 2 N–H and O–H groups in total. The number of hydrogen-bond acceptors (Lipinski definition) is 5. The highest BCUT2D eigenvalue weighted by Gasteiger charge is 2.32. The molecule has 132 valence electrons. The van der Waals surface area contributed by atoms with Crippen molar-refractivity contribution in [2.24, 2.45) is 0 Å². The normalized spacial score (nSPS) is 27.0. The maximum Gasteiger partial charge on any atom is 0.240 e. The van der Waals surface area contributed by atoms with E-state index in [0.29, 0.717) is 13.2 Å². The SMILES string of the molecule is CN(CC1CCCCO1)C(=O)C1CC(COc2ccccc2)NN1. The van der Waals surface area contributed by atoms with Crippen LogP contribution in [-0.4, -0.2) is 55.8 Å². The van der Waals surface area contributed by atoms with E-state index in [-0.39, 0.29) is 24.1 Å². The van der Waals surface area contributed by atoms with Crippen LogP contribution in [0.3, 0.4) is 0 Å². The quantitative estimate of drug-likeness (QED) is 0.822. The first-order valence-corrected chi connectivity index (χ1v) is 8.78. The molecule has 3 rings (SSSR count). The van der Waals surface area contributed by atoms with E-state index in [2.05, 4.69) is 10.9 Å². The predicted molar refractivity (Wildman–Crippen MR) is 91.6 cm³/mol. The molecule has 24 heavy (non-hydrogen) atoms. The summed E-state index contributed by atoms with van der Waals surface area (Å²) in [6.07, 6.45) is 4.27. The lowest BCUT2D eigenvalue weighted by atomic mass is 10.1. The van der Waals surface area contributed by atoms with Crippen LogP contribution in [0.5, 0.6) is 5.75 Å². The Morgan fingerprint density at radius 2 is 2.12 bits per heavy atom. The zero-order chi connectivity index (χ0) is 16.8. The molecule has 0 aliphatic carbocycles. The van der Waals surface area contributed by atoms with Crippen molar-refractivity contribution in [1.29, 1.82) is 0 Å². The summed E-state index contributed by atoms with van der Waals surface area (Å²) in [5, 5.41) is 0. The average Bonchev–Trinajstić information content (AvgIpc) is 3.10. The third kappa shape index (κ3) is 4.69. The van der Waals surface area contributed by atoms with Gasteiger partial charge in [-0.2, -0.15) is 0 Å². The van der Waals surface area contributed by atoms with E-state index >= 15 is 0 Å². The molecule has 2 heterocycles. The number of para-hydroxylation sites is 1. The molecule has 3 atom stereocenters. The number of likely N-dealkylation sites (N-methyl/N-ethyl adjacent to an activating group) is 1. The first kappa shape index (κ1) is 17.2. The number of carbonyl (C=O) groups excluding carboxylic acids is 1. The van der Waals surface area contributed by atoms with Crippen molar-refractivity contribution in [1.82, 2.24) is 15.8 Å². The van der Waals surface area contributed by atoms with E-state index in [0.717, 1.165) is 31.6 Å². The van der Waals surface area contributed by atoms with Crippen LogP contribution in [0.1, 0.15) is 25.7 Å². The van der Waals surface area contributed by atoms with Gasteiger partial charge in [0, 0.05) is 20.2 Å². The van der Waals surface area contributed by atoms with Gasteiger partial charge < -0.3 is 14.4 Å². The molecule has 1 amide bonds. The van der Waals surface area contributed by atoms with E-state index < -0.39 is 0 Å². The number of nitrogens with one attached hydrogen (secondary N) is 2. The van der Waals surface area contributed by atoms with Gasteiger partial charge in [-0.15, -0.1) is 0 Å². The monoisotopic (exact) mass is 333 g/mol. The van der Waals surface area contributed by atoms with Crippen molar-refractivity contribution in [3.05, 3.63) is 30.3 Å². The molecule has 0 radical (unpaired) electrons. The summed E-state index contributed by atoms with van der Waals surface area (Å²) in [5.74, 6) is 0.958. The fourth-order valence-electron chi connectivity index (χ4n) is 3.22. The van der Waals surface area contributed by atoms with Gasteiger partial charge >= 0.3 is 0 Å². The number of amides is 1. The molecule has 6 heteroatoms. The molecule has 1 aromatic carbocycles. The second-order valence-corrected chi connectivity index (χ2v) is 6.61. The Morgan fingerprint density at radius 1 is 1.29 bits per heavy atom. The van der Waals surface area contributed by atoms with Gasteiger partial charge in [0.05, 0.1) is 12.1 Å². The molecule has 2 aliphatic rings. The molecular weight excluding hydrogens is 306 g/mol. The minimum Gasteiger partial charge on any atom is -0.492 e. The van der Waals surface area contributed by atoms with E-state index in [1.54, 1.807) is 4.90 Å². The molecule has 1 aromatic rings. The molecule has 3 unspecified atom stereocenters. The highest BCUT2D eigenvalue weighted by atomic mass is 16.5. The summed E-state index contributed by atoms with van der Waals surface area (Å²) in [7, 11) is 1.86. The molecule has 0 saturated carbocycles. The van der Waals surface area contributed by atoms with Gasteiger partial charge in [0.25, 0.3) is 0 Å². The highest BCUT2D eigenvalue weighted by Crippen LogP contribution is 2.16.